The highest BCUT2D eigenvalue weighted by Crippen LogP contribution is 2.42. The van der Waals surface area contributed by atoms with Crippen LogP contribution in [0.3, 0.4) is 0 Å². The molecule has 1 aromatic heterocycles. The van der Waals surface area contributed by atoms with Gasteiger partial charge in [0.25, 0.3) is 17.9 Å². The Labute approximate surface area is 181 Å². The number of nitrogens with one attached hydrogen (secondary N) is 1. The van der Waals surface area contributed by atoms with Crippen molar-refractivity contribution in [3.63, 3.8) is 0 Å². The van der Waals surface area contributed by atoms with Crippen LogP contribution in [-0.2, 0) is 11.3 Å². The van der Waals surface area contributed by atoms with Gasteiger partial charge in [-0.3, -0.25) is 19.2 Å². The number of carbonyl (C=O) groups is 3. The van der Waals surface area contributed by atoms with Crippen LogP contribution >= 0.6 is 0 Å². The number of benzene rings is 1. The third-order valence-electron chi connectivity index (χ3n) is 5.19. The second kappa shape index (κ2) is 11.2. The highest BCUT2D eigenvalue weighted by atomic mass is 16.3. The molecule has 31 heavy (non-hydrogen) atoms. The maximum atomic E-state index is 12.8. The Hall–Kier alpha value is -3.26. The standard InChI is InChI=1S/C22H27N3O3.CH2O2/c1-23-21(27)19-10-18(20(26)11-16-9-17(16)13-24(2)3)14-25(22(19)28)12-15-7-5-4-6-8-15;2-1-3/h4-8,10,14,16-17H,9,11-13H2,1-3H3,(H,23,27);1H,(H,2,3)/t16-,17-;/m0./s1. The van der Waals surface area contributed by atoms with Crippen LogP contribution in [0.15, 0.2) is 47.4 Å². The highest BCUT2D eigenvalue weighted by Gasteiger charge is 2.38. The molecule has 166 valence electrons. The zero-order valence-corrected chi connectivity index (χ0v) is 18.1. The number of hydrogen-bond donors (Lipinski definition) is 2. The predicted molar refractivity (Wildman–Crippen MR) is 117 cm³/mol. The molecule has 0 radical (unpaired) electrons. The van der Waals surface area contributed by atoms with Crippen LogP contribution in [0.5, 0.6) is 0 Å². The zero-order valence-electron chi connectivity index (χ0n) is 18.1. The van der Waals surface area contributed by atoms with Crippen LogP contribution in [0.1, 0.15) is 39.1 Å². The quantitative estimate of drug-likeness (QED) is 0.491. The summed E-state index contributed by atoms with van der Waals surface area (Å²) >= 11 is 0. The summed E-state index contributed by atoms with van der Waals surface area (Å²) in [4.78, 5) is 48.3. The molecule has 0 bridgehead atoms. The van der Waals surface area contributed by atoms with Crippen LogP contribution in [0.2, 0.25) is 0 Å². The van der Waals surface area contributed by atoms with Crippen molar-refractivity contribution in [3.05, 3.63) is 69.6 Å². The minimum atomic E-state index is -0.474. The lowest BCUT2D eigenvalue weighted by atomic mass is 10.0. The van der Waals surface area contributed by atoms with Gasteiger partial charge in [0.15, 0.2) is 5.78 Å². The van der Waals surface area contributed by atoms with Crippen molar-refractivity contribution < 1.29 is 19.5 Å². The second-order valence-corrected chi connectivity index (χ2v) is 7.89. The third-order valence-corrected chi connectivity index (χ3v) is 5.19. The molecule has 2 aromatic rings. The molecular formula is C23H29N3O5. The van der Waals surface area contributed by atoms with E-state index >= 15 is 0 Å². The fourth-order valence-electron chi connectivity index (χ4n) is 3.59. The van der Waals surface area contributed by atoms with E-state index < -0.39 is 11.5 Å². The van der Waals surface area contributed by atoms with Gasteiger partial charge in [0.1, 0.15) is 5.56 Å². The van der Waals surface area contributed by atoms with Crippen molar-refractivity contribution in [3.8, 4) is 0 Å². The molecule has 0 saturated heterocycles. The van der Waals surface area contributed by atoms with E-state index in [4.69, 9.17) is 9.90 Å². The highest BCUT2D eigenvalue weighted by molar-refractivity contribution is 6.00. The van der Waals surface area contributed by atoms with Crippen molar-refractivity contribution in [2.75, 3.05) is 27.7 Å². The number of carbonyl (C=O) groups excluding carboxylic acids is 2. The molecule has 1 saturated carbocycles. The van der Waals surface area contributed by atoms with E-state index in [0.717, 1.165) is 18.5 Å². The molecule has 1 fully saturated rings. The van der Waals surface area contributed by atoms with Crippen LogP contribution in [0, 0.1) is 11.8 Å². The fraction of sp³-hybridized carbons (Fsp3) is 0.391. The molecule has 2 atom stereocenters. The number of ketones is 1. The number of hydrogen-bond acceptors (Lipinski definition) is 5. The van der Waals surface area contributed by atoms with Crippen LogP contribution in [0.25, 0.3) is 0 Å². The van der Waals surface area contributed by atoms with Gasteiger partial charge < -0.3 is 19.9 Å². The lowest BCUT2D eigenvalue weighted by Gasteiger charge is -2.12. The van der Waals surface area contributed by atoms with Gasteiger partial charge in [-0.15, -0.1) is 0 Å². The SMILES string of the molecule is CNC(=O)c1cc(C(=O)C[C@@H]2C[C@H]2CN(C)C)cn(Cc2ccccc2)c1=O.O=CO. The summed E-state index contributed by atoms with van der Waals surface area (Å²) in [6.45, 7) is 1.05. The van der Waals surface area contributed by atoms with Crippen LogP contribution in [0.4, 0.5) is 0 Å². The summed E-state index contributed by atoms with van der Waals surface area (Å²) in [7, 11) is 5.55. The Morgan fingerprint density at radius 1 is 1.23 bits per heavy atom. The third kappa shape index (κ3) is 6.89. The van der Waals surface area contributed by atoms with Crippen molar-refractivity contribution in [1.29, 1.82) is 0 Å². The number of pyridine rings is 1. The van der Waals surface area contributed by atoms with Gasteiger partial charge in [0.05, 0.1) is 6.54 Å². The molecule has 1 aliphatic rings. The van der Waals surface area contributed by atoms with E-state index in [1.807, 2.05) is 44.4 Å². The van der Waals surface area contributed by atoms with E-state index in [0.29, 0.717) is 30.4 Å². The van der Waals surface area contributed by atoms with Gasteiger partial charge in [-0.2, -0.15) is 0 Å². The molecule has 1 aliphatic carbocycles. The molecule has 0 aliphatic heterocycles. The van der Waals surface area contributed by atoms with Gasteiger partial charge in [0, 0.05) is 31.8 Å². The van der Waals surface area contributed by atoms with Crippen molar-refractivity contribution >= 4 is 18.2 Å². The largest absolute Gasteiger partial charge is 0.483 e. The maximum Gasteiger partial charge on any atom is 0.290 e. The molecule has 8 heteroatoms. The summed E-state index contributed by atoms with van der Waals surface area (Å²) in [5.74, 6) is 0.442. The smallest absolute Gasteiger partial charge is 0.290 e. The second-order valence-electron chi connectivity index (χ2n) is 7.89. The minimum absolute atomic E-state index is 0.00456. The summed E-state index contributed by atoms with van der Waals surface area (Å²) in [6, 6.07) is 11.0. The first-order valence-electron chi connectivity index (χ1n) is 10.1. The van der Waals surface area contributed by atoms with Gasteiger partial charge >= 0.3 is 0 Å². The van der Waals surface area contributed by atoms with E-state index in [1.54, 1.807) is 6.20 Å². The molecular weight excluding hydrogens is 398 g/mol. The molecule has 8 nitrogen and oxygen atoms in total. The number of nitrogens with zero attached hydrogens (tertiary/aromatic N) is 2. The predicted octanol–water partition coefficient (Wildman–Crippen LogP) is 1.73. The van der Waals surface area contributed by atoms with Gasteiger partial charge in [-0.05, 0) is 44.0 Å². The first-order valence-corrected chi connectivity index (χ1v) is 10.1. The number of rotatable bonds is 8. The summed E-state index contributed by atoms with van der Waals surface area (Å²) in [5, 5.41) is 9.38. The monoisotopic (exact) mass is 427 g/mol. The fourth-order valence-corrected chi connectivity index (χ4v) is 3.59. The van der Waals surface area contributed by atoms with Gasteiger partial charge in [0.2, 0.25) is 0 Å². The topological polar surface area (TPSA) is 109 Å². The molecule has 2 N–H and O–H groups in total. The van der Waals surface area contributed by atoms with E-state index in [2.05, 4.69) is 10.2 Å². The molecule has 0 spiro atoms. The Bertz CT molecular complexity index is 969. The van der Waals surface area contributed by atoms with Crippen molar-refractivity contribution in [2.45, 2.75) is 19.4 Å². The van der Waals surface area contributed by atoms with Crippen LogP contribution < -0.4 is 10.9 Å². The van der Waals surface area contributed by atoms with E-state index in [9.17, 15) is 14.4 Å². The normalized spacial score (nSPS) is 16.8. The molecule has 1 heterocycles. The number of amides is 1. The molecule has 0 unspecified atom stereocenters. The minimum Gasteiger partial charge on any atom is -0.483 e. The lowest BCUT2D eigenvalue weighted by molar-refractivity contribution is -0.122. The Morgan fingerprint density at radius 3 is 2.45 bits per heavy atom. The summed E-state index contributed by atoms with van der Waals surface area (Å²) in [5.41, 5.74) is 0.969. The van der Waals surface area contributed by atoms with Crippen molar-refractivity contribution in [1.82, 2.24) is 14.8 Å². The Kier molecular flexibility index (Phi) is 8.69. The molecule has 3 rings (SSSR count). The average molecular weight is 428 g/mol. The van der Waals surface area contributed by atoms with Crippen LogP contribution in [-0.4, -0.2) is 60.4 Å². The van der Waals surface area contributed by atoms with Gasteiger partial charge in [-0.25, -0.2) is 0 Å². The lowest BCUT2D eigenvalue weighted by Crippen LogP contribution is -2.32. The zero-order chi connectivity index (χ0) is 23.0. The van der Waals surface area contributed by atoms with E-state index in [1.165, 1.54) is 17.7 Å². The molecule has 1 aromatic carbocycles. The number of Topliss-reactive ketones (excluding diaryl/α,β-unsaturated/α-hetero) is 1. The summed E-state index contributed by atoms with van der Waals surface area (Å²) in [6.07, 6.45) is 3.10. The maximum absolute atomic E-state index is 12.8. The number of aromatic nitrogens is 1. The Balaban J connectivity index is 0.00000107. The first-order chi connectivity index (χ1) is 14.8. The number of carboxylic acid groups (broad SMARTS) is 1. The Morgan fingerprint density at radius 2 is 1.87 bits per heavy atom. The van der Waals surface area contributed by atoms with Crippen molar-refractivity contribution in [2.24, 2.45) is 11.8 Å². The average Bonchev–Trinajstić information content (AvgIpc) is 3.46. The summed E-state index contributed by atoms with van der Waals surface area (Å²) < 4.78 is 1.46. The first kappa shape index (κ1) is 24.0. The van der Waals surface area contributed by atoms with Gasteiger partial charge in [-0.1, -0.05) is 30.3 Å². The van der Waals surface area contributed by atoms with E-state index in [-0.39, 0.29) is 17.8 Å². The molecule has 1 amide bonds.